The summed E-state index contributed by atoms with van der Waals surface area (Å²) in [6.07, 6.45) is 4.13. The van der Waals surface area contributed by atoms with Gasteiger partial charge >= 0.3 is 0 Å². The molecule has 0 spiro atoms. The van der Waals surface area contributed by atoms with Crippen LogP contribution in [0.4, 0.5) is 5.69 Å². The second-order valence-electron chi connectivity index (χ2n) is 5.71. The summed E-state index contributed by atoms with van der Waals surface area (Å²) in [5.41, 5.74) is 3.69. The summed E-state index contributed by atoms with van der Waals surface area (Å²) in [7, 11) is 1.81. The molecule has 0 unspecified atom stereocenters. The third kappa shape index (κ3) is 3.14. The number of ether oxygens (including phenoxy) is 1. The first-order valence-corrected chi connectivity index (χ1v) is 8.02. The quantitative estimate of drug-likeness (QED) is 0.606. The van der Waals surface area contributed by atoms with Crippen LogP contribution in [0.1, 0.15) is 30.9 Å². The van der Waals surface area contributed by atoms with Gasteiger partial charge in [-0.05, 0) is 36.3 Å². The number of amides is 1. The van der Waals surface area contributed by atoms with Crippen LogP contribution < -0.4 is 9.64 Å². The smallest absolute Gasteiger partial charge is 0.258 e. The summed E-state index contributed by atoms with van der Waals surface area (Å²) in [5, 5.41) is 0. The molecule has 0 radical (unpaired) electrons. The van der Waals surface area contributed by atoms with Gasteiger partial charge in [0, 0.05) is 18.2 Å². The van der Waals surface area contributed by atoms with Crippen LogP contribution in [0.2, 0.25) is 0 Å². The van der Waals surface area contributed by atoms with Gasteiger partial charge in [0.05, 0.1) is 12.3 Å². The van der Waals surface area contributed by atoms with Gasteiger partial charge in [0.15, 0.2) is 0 Å². The third-order valence-corrected chi connectivity index (χ3v) is 4.05. The molecule has 3 heteroatoms. The maximum absolute atomic E-state index is 12.4. The van der Waals surface area contributed by atoms with Crippen molar-refractivity contribution in [1.82, 2.24) is 0 Å². The molecular formula is C20H21NO2. The number of benzene rings is 2. The van der Waals surface area contributed by atoms with E-state index in [1.54, 1.807) is 4.90 Å². The average Bonchev–Trinajstić information content (AvgIpc) is 2.82. The molecule has 0 saturated carbocycles. The predicted octanol–water partition coefficient (Wildman–Crippen LogP) is 4.38. The van der Waals surface area contributed by atoms with Gasteiger partial charge in [-0.15, -0.1) is 0 Å². The number of hydrogen-bond acceptors (Lipinski definition) is 2. The van der Waals surface area contributed by atoms with Crippen molar-refractivity contribution in [2.45, 2.75) is 19.8 Å². The Morgan fingerprint density at radius 2 is 1.83 bits per heavy atom. The van der Waals surface area contributed by atoms with Crippen LogP contribution in [-0.4, -0.2) is 19.6 Å². The van der Waals surface area contributed by atoms with Gasteiger partial charge in [0.1, 0.15) is 5.75 Å². The van der Waals surface area contributed by atoms with Gasteiger partial charge in [-0.3, -0.25) is 4.79 Å². The summed E-state index contributed by atoms with van der Waals surface area (Å²) in [5.74, 6) is 0.908. The minimum Gasteiger partial charge on any atom is -0.494 e. The average molecular weight is 307 g/mol. The molecule has 23 heavy (non-hydrogen) atoms. The Balaban J connectivity index is 1.83. The second kappa shape index (κ2) is 6.69. The van der Waals surface area contributed by atoms with Crippen molar-refractivity contribution in [3.8, 4) is 5.75 Å². The third-order valence-electron chi connectivity index (χ3n) is 4.05. The number of carbonyl (C=O) groups excluding carboxylic acids is 1. The molecule has 1 heterocycles. The molecule has 0 aromatic heterocycles. The number of para-hydroxylation sites is 1. The lowest BCUT2D eigenvalue weighted by Gasteiger charge is -2.08. The minimum atomic E-state index is 0.0365. The Labute approximate surface area is 137 Å². The zero-order chi connectivity index (χ0) is 16.2. The fourth-order valence-corrected chi connectivity index (χ4v) is 2.70. The zero-order valence-corrected chi connectivity index (χ0v) is 13.6. The highest BCUT2D eigenvalue weighted by Gasteiger charge is 2.28. The Morgan fingerprint density at radius 3 is 2.57 bits per heavy atom. The zero-order valence-electron chi connectivity index (χ0n) is 13.6. The van der Waals surface area contributed by atoms with E-state index in [0.717, 1.165) is 47.6 Å². The molecule has 2 aromatic carbocycles. The molecule has 2 aromatic rings. The van der Waals surface area contributed by atoms with Crippen molar-refractivity contribution in [2.24, 2.45) is 0 Å². The molecule has 0 fully saturated rings. The van der Waals surface area contributed by atoms with Gasteiger partial charge in [-0.25, -0.2) is 0 Å². The fourth-order valence-electron chi connectivity index (χ4n) is 2.70. The molecule has 1 aliphatic heterocycles. The monoisotopic (exact) mass is 307 g/mol. The molecule has 118 valence electrons. The molecule has 0 bridgehead atoms. The van der Waals surface area contributed by atoms with Crippen LogP contribution in [0.15, 0.2) is 48.5 Å². The van der Waals surface area contributed by atoms with E-state index >= 15 is 0 Å². The van der Waals surface area contributed by atoms with E-state index in [0.29, 0.717) is 0 Å². The van der Waals surface area contributed by atoms with Gasteiger partial charge < -0.3 is 9.64 Å². The number of fused-ring (bicyclic) bond motifs is 1. The Morgan fingerprint density at radius 1 is 1.09 bits per heavy atom. The second-order valence-corrected chi connectivity index (χ2v) is 5.71. The molecule has 0 aliphatic carbocycles. The van der Waals surface area contributed by atoms with Crippen molar-refractivity contribution in [3.63, 3.8) is 0 Å². The van der Waals surface area contributed by atoms with Crippen molar-refractivity contribution < 1.29 is 9.53 Å². The fraction of sp³-hybridized carbons (Fsp3) is 0.250. The van der Waals surface area contributed by atoms with Crippen LogP contribution in [-0.2, 0) is 4.79 Å². The van der Waals surface area contributed by atoms with E-state index in [1.807, 2.05) is 61.7 Å². The predicted molar refractivity (Wildman–Crippen MR) is 94.6 cm³/mol. The van der Waals surface area contributed by atoms with Crippen molar-refractivity contribution >= 4 is 23.2 Å². The van der Waals surface area contributed by atoms with Crippen molar-refractivity contribution in [2.75, 3.05) is 18.6 Å². The summed E-state index contributed by atoms with van der Waals surface area (Å²) >= 11 is 0. The largest absolute Gasteiger partial charge is 0.494 e. The van der Waals surface area contributed by atoms with Gasteiger partial charge in [0.25, 0.3) is 5.91 Å². The Bertz CT molecular complexity index is 732. The molecule has 1 amide bonds. The lowest BCUT2D eigenvalue weighted by molar-refractivity contribution is -0.112. The summed E-state index contributed by atoms with van der Waals surface area (Å²) in [4.78, 5) is 14.1. The summed E-state index contributed by atoms with van der Waals surface area (Å²) < 4.78 is 5.67. The topological polar surface area (TPSA) is 29.5 Å². The highest BCUT2D eigenvalue weighted by molar-refractivity contribution is 6.35. The van der Waals surface area contributed by atoms with E-state index in [9.17, 15) is 4.79 Å². The van der Waals surface area contributed by atoms with Crippen LogP contribution >= 0.6 is 0 Å². The number of hydrogen-bond donors (Lipinski definition) is 0. The molecule has 0 saturated heterocycles. The lowest BCUT2D eigenvalue weighted by Crippen LogP contribution is -2.20. The van der Waals surface area contributed by atoms with E-state index in [-0.39, 0.29) is 5.91 Å². The Kier molecular flexibility index (Phi) is 4.47. The number of unbranched alkanes of at least 4 members (excludes halogenated alkanes) is 1. The van der Waals surface area contributed by atoms with Crippen LogP contribution in [0.25, 0.3) is 11.6 Å². The van der Waals surface area contributed by atoms with Gasteiger partial charge in [-0.2, -0.15) is 0 Å². The number of nitrogens with zero attached hydrogens (tertiary/aromatic N) is 1. The molecule has 3 nitrogen and oxygen atoms in total. The number of likely N-dealkylation sites (N-methyl/N-ethyl adjacent to an activating group) is 1. The van der Waals surface area contributed by atoms with Crippen LogP contribution in [0, 0.1) is 0 Å². The maximum Gasteiger partial charge on any atom is 0.258 e. The summed E-state index contributed by atoms with van der Waals surface area (Å²) in [6.45, 7) is 2.89. The molecular weight excluding hydrogens is 286 g/mol. The first-order valence-electron chi connectivity index (χ1n) is 8.02. The number of carbonyl (C=O) groups is 1. The normalized spacial score (nSPS) is 15.1. The molecule has 0 atom stereocenters. The van der Waals surface area contributed by atoms with Crippen LogP contribution in [0.5, 0.6) is 5.75 Å². The standard InChI is InChI=1S/C20H21NO2/c1-3-4-13-23-16-11-9-15(10-12-16)14-18-17-7-5-6-8-19(17)21(2)20(18)22/h5-12,14H,3-4,13H2,1-2H3/b18-14+. The van der Waals surface area contributed by atoms with Crippen molar-refractivity contribution in [1.29, 1.82) is 0 Å². The Hall–Kier alpha value is -2.55. The number of anilines is 1. The van der Waals surface area contributed by atoms with Gasteiger partial charge in [-0.1, -0.05) is 43.7 Å². The van der Waals surface area contributed by atoms with Gasteiger partial charge in [0.2, 0.25) is 0 Å². The molecule has 1 aliphatic rings. The highest BCUT2D eigenvalue weighted by atomic mass is 16.5. The van der Waals surface area contributed by atoms with E-state index < -0.39 is 0 Å². The maximum atomic E-state index is 12.4. The van der Waals surface area contributed by atoms with E-state index in [4.69, 9.17) is 4.74 Å². The first kappa shape index (κ1) is 15.3. The number of rotatable bonds is 5. The lowest BCUT2D eigenvalue weighted by atomic mass is 10.0. The highest BCUT2D eigenvalue weighted by Crippen LogP contribution is 2.36. The first-order chi connectivity index (χ1) is 11.2. The van der Waals surface area contributed by atoms with E-state index in [2.05, 4.69) is 6.92 Å². The minimum absolute atomic E-state index is 0.0365. The summed E-state index contributed by atoms with van der Waals surface area (Å²) in [6, 6.07) is 15.8. The van der Waals surface area contributed by atoms with Crippen molar-refractivity contribution in [3.05, 3.63) is 59.7 Å². The molecule has 3 rings (SSSR count). The SMILES string of the molecule is CCCCOc1ccc(/C=C2/C(=O)N(C)c3ccccc32)cc1. The molecule has 0 N–H and O–H groups in total. The van der Waals surface area contributed by atoms with E-state index in [1.165, 1.54) is 0 Å². The van der Waals surface area contributed by atoms with Crippen LogP contribution in [0.3, 0.4) is 0 Å².